The van der Waals surface area contributed by atoms with Gasteiger partial charge >= 0.3 is 6.09 Å². The van der Waals surface area contributed by atoms with Gasteiger partial charge < -0.3 is 24.4 Å². The van der Waals surface area contributed by atoms with Gasteiger partial charge in [0.2, 0.25) is 0 Å². The summed E-state index contributed by atoms with van der Waals surface area (Å²) < 4.78 is 16.5. The molecule has 2 aromatic carbocycles. The molecule has 180 valence electrons. The van der Waals surface area contributed by atoms with Gasteiger partial charge in [-0.2, -0.15) is 0 Å². The molecular formula is C25H24ClN5O4. The van der Waals surface area contributed by atoms with E-state index >= 15 is 0 Å². The molecule has 0 aliphatic rings. The standard InChI is InChI=1S/C25H24ClN5O4/c1-31(25(32)33-2)12-13-34-22-8-5-7-20-23(22)24(29-16-28-20)30-17-9-10-21(19(26)14-17)35-15-18-6-3-4-11-27-18/h3-11,14,16H,12-13,15H2,1-2H3,(H,28,29,30). The van der Waals surface area contributed by atoms with E-state index in [9.17, 15) is 4.79 Å². The Morgan fingerprint density at radius 2 is 1.91 bits per heavy atom. The summed E-state index contributed by atoms with van der Waals surface area (Å²) >= 11 is 6.46. The zero-order valence-corrected chi connectivity index (χ0v) is 20.0. The second-order valence-electron chi connectivity index (χ2n) is 7.49. The summed E-state index contributed by atoms with van der Waals surface area (Å²) in [6.45, 7) is 0.942. The van der Waals surface area contributed by atoms with Gasteiger partial charge in [0.25, 0.3) is 0 Å². The molecule has 0 fully saturated rings. The van der Waals surface area contributed by atoms with Crippen molar-refractivity contribution in [1.29, 1.82) is 0 Å². The number of aromatic nitrogens is 3. The Morgan fingerprint density at radius 1 is 1.03 bits per heavy atom. The second kappa shape index (κ2) is 11.3. The third-order valence-electron chi connectivity index (χ3n) is 5.09. The van der Waals surface area contributed by atoms with E-state index in [2.05, 4.69) is 20.3 Å². The van der Waals surface area contributed by atoms with E-state index in [1.54, 1.807) is 25.4 Å². The predicted octanol–water partition coefficient (Wildman–Crippen LogP) is 5.08. The smallest absolute Gasteiger partial charge is 0.409 e. The lowest BCUT2D eigenvalue weighted by Gasteiger charge is -2.17. The van der Waals surface area contributed by atoms with E-state index in [1.165, 1.54) is 18.3 Å². The van der Waals surface area contributed by atoms with Crippen molar-refractivity contribution in [3.05, 3.63) is 77.8 Å². The van der Waals surface area contributed by atoms with Gasteiger partial charge in [0.1, 0.15) is 36.9 Å². The highest BCUT2D eigenvalue weighted by Crippen LogP contribution is 2.34. The van der Waals surface area contributed by atoms with E-state index in [0.717, 1.165) is 11.4 Å². The van der Waals surface area contributed by atoms with Crippen LogP contribution in [0.5, 0.6) is 11.5 Å². The van der Waals surface area contributed by atoms with E-state index in [1.807, 2.05) is 42.5 Å². The van der Waals surface area contributed by atoms with Crippen LogP contribution >= 0.6 is 11.6 Å². The van der Waals surface area contributed by atoms with Crippen molar-refractivity contribution in [3.63, 3.8) is 0 Å². The van der Waals surface area contributed by atoms with Crippen molar-refractivity contribution >= 4 is 40.1 Å². The average Bonchev–Trinajstić information content (AvgIpc) is 2.88. The largest absolute Gasteiger partial charge is 0.491 e. The van der Waals surface area contributed by atoms with Crippen molar-refractivity contribution < 1.29 is 19.0 Å². The van der Waals surface area contributed by atoms with Gasteiger partial charge in [-0.05, 0) is 42.5 Å². The van der Waals surface area contributed by atoms with Crippen molar-refractivity contribution in [3.8, 4) is 11.5 Å². The molecule has 2 aromatic heterocycles. The van der Waals surface area contributed by atoms with Crippen LogP contribution in [0.1, 0.15) is 5.69 Å². The van der Waals surface area contributed by atoms with Crippen LogP contribution in [-0.2, 0) is 11.3 Å². The fourth-order valence-electron chi connectivity index (χ4n) is 3.30. The summed E-state index contributed by atoms with van der Waals surface area (Å²) in [6.07, 6.45) is 2.77. The quantitative estimate of drug-likeness (QED) is 0.344. The summed E-state index contributed by atoms with van der Waals surface area (Å²) in [7, 11) is 2.98. The molecular weight excluding hydrogens is 470 g/mol. The SMILES string of the molecule is COC(=O)N(C)CCOc1cccc2ncnc(Nc3ccc(OCc4ccccn4)c(Cl)c3)c12. The number of likely N-dealkylation sites (N-methyl/N-ethyl adjacent to an activating group) is 1. The van der Waals surface area contributed by atoms with Crippen molar-refractivity contribution in [2.24, 2.45) is 0 Å². The maximum Gasteiger partial charge on any atom is 0.409 e. The lowest BCUT2D eigenvalue weighted by Crippen LogP contribution is -2.30. The molecule has 0 aliphatic heterocycles. The lowest BCUT2D eigenvalue weighted by atomic mass is 10.2. The number of carbonyl (C=O) groups is 1. The molecule has 0 bridgehead atoms. The molecule has 4 aromatic rings. The van der Waals surface area contributed by atoms with Gasteiger partial charge in [0.15, 0.2) is 0 Å². The average molecular weight is 494 g/mol. The Hall–Kier alpha value is -4.11. The zero-order valence-electron chi connectivity index (χ0n) is 19.3. The Labute approximate surface area is 207 Å². The number of carbonyl (C=O) groups excluding carboxylic acids is 1. The van der Waals surface area contributed by atoms with Crippen LogP contribution in [0.25, 0.3) is 10.9 Å². The van der Waals surface area contributed by atoms with Crippen LogP contribution in [0.3, 0.4) is 0 Å². The molecule has 0 radical (unpaired) electrons. The normalized spacial score (nSPS) is 10.6. The number of hydrogen-bond acceptors (Lipinski definition) is 8. The van der Waals surface area contributed by atoms with Gasteiger partial charge in [-0.15, -0.1) is 0 Å². The molecule has 0 aliphatic carbocycles. The van der Waals surface area contributed by atoms with Crippen molar-refractivity contribution in [2.75, 3.05) is 32.6 Å². The number of ether oxygens (including phenoxy) is 3. The number of benzene rings is 2. The van der Waals surface area contributed by atoms with Crippen LogP contribution < -0.4 is 14.8 Å². The summed E-state index contributed by atoms with van der Waals surface area (Å²) in [5.41, 5.74) is 2.24. The number of hydrogen-bond donors (Lipinski definition) is 1. The molecule has 9 nitrogen and oxygen atoms in total. The molecule has 0 saturated heterocycles. The maximum absolute atomic E-state index is 11.6. The Morgan fingerprint density at radius 3 is 2.69 bits per heavy atom. The Kier molecular flexibility index (Phi) is 7.79. The lowest BCUT2D eigenvalue weighted by molar-refractivity contribution is 0.126. The minimum absolute atomic E-state index is 0.271. The summed E-state index contributed by atoms with van der Waals surface area (Å²) in [5, 5.41) is 4.45. The molecule has 1 N–H and O–H groups in total. The number of fused-ring (bicyclic) bond motifs is 1. The number of halogens is 1. The van der Waals surface area contributed by atoms with E-state index in [4.69, 9.17) is 25.8 Å². The first-order valence-corrected chi connectivity index (χ1v) is 11.2. The van der Waals surface area contributed by atoms with Gasteiger partial charge in [-0.3, -0.25) is 4.98 Å². The second-order valence-corrected chi connectivity index (χ2v) is 7.90. The molecule has 4 rings (SSSR count). The third-order valence-corrected chi connectivity index (χ3v) is 5.39. The first-order valence-electron chi connectivity index (χ1n) is 10.8. The van der Waals surface area contributed by atoms with Gasteiger partial charge in [-0.1, -0.05) is 23.7 Å². The molecule has 35 heavy (non-hydrogen) atoms. The first-order chi connectivity index (χ1) is 17.0. The highest BCUT2D eigenvalue weighted by atomic mass is 35.5. The fraction of sp³-hybridized carbons (Fsp3) is 0.200. The molecule has 0 spiro atoms. The number of nitrogens with one attached hydrogen (secondary N) is 1. The van der Waals surface area contributed by atoms with Crippen LogP contribution in [0, 0.1) is 0 Å². The number of amides is 1. The molecule has 0 atom stereocenters. The predicted molar refractivity (Wildman–Crippen MR) is 133 cm³/mol. The Bertz CT molecular complexity index is 1300. The summed E-state index contributed by atoms with van der Waals surface area (Å²) in [6, 6.07) is 16.6. The van der Waals surface area contributed by atoms with Gasteiger partial charge in [0.05, 0.1) is 35.3 Å². The topological polar surface area (TPSA) is 98.7 Å². The number of pyridine rings is 1. The Balaban J connectivity index is 1.49. The zero-order chi connectivity index (χ0) is 24.6. The number of rotatable bonds is 9. The minimum atomic E-state index is -0.429. The molecule has 2 heterocycles. The minimum Gasteiger partial charge on any atom is -0.491 e. The third kappa shape index (κ3) is 6.07. The highest BCUT2D eigenvalue weighted by molar-refractivity contribution is 6.32. The van der Waals surface area contributed by atoms with Crippen LogP contribution in [0.2, 0.25) is 5.02 Å². The summed E-state index contributed by atoms with van der Waals surface area (Å²) in [5.74, 6) is 1.70. The van der Waals surface area contributed by atoms with Gasteiger partial charge in [-0.25, -0.2) is 14.8 Å². The van der Waals surface area contributed by atoms with Crippen LogP contribution in [0.4, 0.5) is 16.3 Å². The molecule has 10 heteroatoms. The summed E-state index contributed by atoms with van der Waals surface area (Å²) in [4.78, 5) is 26.0. The molecule has 1 amide bonds. The fourth-order valence-corrected chi connectivity index (χ4v) is 3.54. The number of methoxy groups -OCH3 is 1. The monoisotopic (exact) mass is 493 g/mol. The first kappa shape index (κ1) is 24.0. The molecule has 0 unspecified atom stereocenters. The van der Waals surface area contributed by atoms with E-state index < -0.39 is 6.09 Å². The number of nitrogens with zero attached hydrogens (tertiary/aromatic N) is 4. The number of anilines is 2. The highest BCUT2D eigenvalue weighted by Gasteiger charge is 2.13. The molecule has 0 saturated carbocycles. The van der Waals surface area contributed by atoms with Crippen LogP contribution in [-0.4, -0.2) is 53.3 Å². The van der Waals surface area contributed by atoms with E-state index in [-0.39, 0.29) is 6.61 Å². The van der Waals surface area contributed by atoms with E-state index in [0.29, 0.717) is 46.4 Å². The van der Waals surface area contributed by atoms with Gasteiger partial charge in [0, 0.05) is 18.9 Å². The maximum atomic E-state index is 11.6. The van der Waals surface area contributed by atoms with Crippen molar-refractivity contribution in [1.82, 2.24) is 19.9 Å². The van der Waals surface area contributed by atoms with Crippen LogP contribution in [0.15, 0.2) is 67.1 Å². The van der Waals surface area contributed by atoms with Crippen molar-refractivity contribution in [2.45, 2.75) is 6.61 Å².